The number of hydrogen-bond acceptors (Lipinski definition) is 5. The zero-order valence-electron chi connectivity index (χ0n) is 9.26. The molecule has 0 unspecified atom stereocenters. The maximum Gasteiger partial charge on any atom is 0.368 e. The van der Waals surface area contributed by atoms with Crippen LogP contribution in [0.3, 0.4) is 0 Å². The highest BCUT2D eigenvalue weighted by Gasteiger charge is 2.06. The molecule has 0 aromatic heterocycles. The van der Waals surface area contributed by atoms with Crippen molar-refractivity contribution in [2.75, 3.05) is 12.0 Å². The van der Waals surface area contributed by atoms with Crippen molar-refractivity contribution in [2.45, 2.75) is 6.42 Å². The molecule has 0 amide bonds. The second-order valence-corrected chi connectivity index (χ2v) is 3.43. The zero-order chi connectivity index (χ0) is 13.4. The molecular weight excluding hydrogens is 258 g/mol. The third-order valence-electron chi connectivity index (χ3n) is 1.81. The van der Waals surface area contributed by atoms with Crippen LogP contribution in [0.25, 0.3) is 0 Å². The number of nitrogens with one attached hydrogen (secondary N) is 1. The van der Waals surface area contributed by atoms with Crippen LogP contribution in [0.5, 0.6) is 5.75 Å². The summed E-state index contributed by atoms with van der Waals surface area (Å²) < 4.78 is 5.33. The Morgan fingerprint density at radius 1 is 1.56 bits per heavy atom. The van der Waals surface area contributed by atoms with Crippen molar-refractivity contribution in [3.05, 3.63) is 24.3 Å². The first kappa shape index (κ1) is 13.8. The van der Waals surface area contributed by atoms with E-state index in [9.17, 15) is 4.79 Å². The average Bonchev–Trinajstić information content (AvgIpc) is 2.37. The molecule has 7 heteroatoms. The lowest BCUT2D eigenvalue weighted by Crippen LogP contribution is -2.08. The van der Waals surface area contributed by atoms with E-state index >= 15 is 0 Å². The lowest BCUT2D eigenvalue weighted by Gasteiger charge is -2.09. The number of aliphatic carboxylic acids is 1. The third kappa shape index (κ3) is 4.31. The minimum atomic E-state index is -1.33. The highest BCUT2D eigenvalue weighted by atomic mass is 35.5. The topological polar surface area (TPSA) is 94.7 Å². The van der Waals surface area contributed by atoms with Gasteiger partial charge < -0.3 is 9.84 Å². The van der Waals surface area contributed by atoms with Gasteiger partial charge in [-0.25, -0.2) is 4.79 Å². The van der Waals surface area contributed by atoms with Gasteiger partial charge in [0.25, 0.3) is 0 Å². The molecule has 94 valence electrons. The second kappa shape index (κ2) is 7.14. The van der Waals surface area contributed by atoms with E-state index in [0.29, 0.717) is 11.4 Å². The minimum absolute atomic E-state index is 0.242. The molecule has 1 aromatic rings. The van der Waals surface area contributed by atoms with Gasteiger partial charge in [-0.15, -0.1) is 0 Å². The van der Waals surface area contributed by atoms with Crippen LogP contribution < -0.4 is 10.2 Å². The van der Waals surface area contributed by atoms with Crippen LogP contribution in [0.2, 0.25) is 0 Å². The quantitative estimate of drug-likeness (QED) is 0.467. The van der Waals surface area contributed by atoms with Crippen LogP contribution in [-0.4, -0.2) is 22.9 Å². The number of carboxylic acids is 1. The molecule has 18 heavy (non-hydrogen) atoms. The monoisotopic (exact) mass is 267 g/mol. The molecule has 0 fully saturated rings. The van der Waals surface area contributed by atoms with E-state index in [0.717, 1.165) is 0 Å². The molecule has 0 spiro atoms. The summed E-state index contributed by atoms with van der Waals surface area (Å²) in [6, 6.07) is 8.74. The standard InChI is InChI=1S/C11H10ClN3O3/c12-10(11(16)17)15-14-8-4-1-2-5-9(8)18-7-3-6-13/h1-2,4-5,14H,3,7H2,(H,16,17)/b15-10+. The Morgan fingerprint density at radius 2 is 2.28 bits per heavy atom. The van der Waals surface area contributed by atoms with Crippen molar-refractivity contribution >= 4 is 28.4 Å². The van der Waals surface area contributed by atoms with Gasteiger partial charge in [0.1, 0.15) is 12.4 Å². The normalized spacial score (nSPS) is 10.6. The van der Waals surface area contributed by atoms with Gasteiger partial charge in [0.2, 0.25) is 5.17 Å². The lowest BCUT2D eigenvalue weighted by molar-refractivity contribution is -0.129. The summed E-state index contributed by atoms with van der Waals surface area (Å²) in [4.78, 5) is 10.4. The number of carbonyl (C=O) groups is 1. The number of hydrogen-bond donors (Lipinski definition) is 2. The van der Waals surface area contributed by atoms with E-state index in [-0.39, 0.29) is 13.0 Å². The Labute approximate surface area is 108 Å². The van der Waals surface area contributed by atoms with E-state index in [1.165, 1.54) is 0 Å². The lowest BCUT2D eigenvalue weighted by atomic mass is 10.3. The molecule has 0 aliphatic heterocycles. The summed E-state index contributed by atoms with van der Waals surface area (Å²) in [5.74, 6) is -0.863. The maximum absolute atomic E-state index is 10.4. The number of benzene rings is 1. The summed E-state index contributed by atoms with van der Waals surface area (Å²) in [5, 5.41) is 19.8. The molecule has 1 rings (SSSR count). The maximum atomic E-state index is 10.4. The molecule has 0 atom stereocenters. The largest absolute Gasteiger partial charge is 0.490 e. The third-order valence-corrected chi connectivity index (χ3v) is 2.06. The van der Waals surface area contributed by atoms with Gasteiger partial charge >= 0.3 is 5.97 Å². The summed E-state index contributed by atoms with van der Waals surface area (Å²) in [7, 11) is 0. The van der Waals surface area contributed by atoms with Gasteiger partial charge in [-0.05, 0) is 12.1 Å². The SMILES string of the molecule is N#CCCOc1ccccc1N/N=C(/Cl)C(=O)O. The molecule has 2 N–H and O–H groups in total. The molecule has 0 saturated heterocycles. The van der Waals surface area contributed by atoms with Crippen LogP contribution in [0.4, 0.5) is 5.69 Å². The second-order valence-electron chi connectivity index (χ2n) is 3.07. The number of anilines is 1. The van der Waals surface area contributed by atoms with E-state index < -0.39 is 11.1 Å². The predicted octanol–water partition coefficient (Wildman–Crippen LogP) is 2.03. The first-order valence-corrected chi connectivity index (χ1v) is 5.34. The van der Waals surface area contributed by atoms with Crippen molar-refractivity contribution in [2.24, 2.45) is 5.10 Å². The molecule has 0 aliphatic rings. The highest BCUT2D eigenvalue weighted by molar-refractivity contribution is 6.81. The first-order chi connectivity index (χ1) is 8.65. The molecule has 6 nitrogen and oxygen atoms in total. The molecule has 0 radical (unpaired) electrons. The van der Waals surface area contributed by atoms with Crippen molar-refractivity contribution < 1.29 is 14.6 Å². The van der Waals surface area contributed by atoms with Crippen LogP contribution in [0.1, 0.15) is 6.42 Å². The van der Waals surface area contributed by atoms with Crippen LogP contribution in [-0.2, 0) is 4.79 Å². The van der Waals surface area contributed by atoms with Gasteiger partial charge in [0.15, 0.2) is 0 Å². The summed E-state index contributed by atoms with van der Waals surface area (Å²) in [6.45, 7) is 0.242. The zero-order valence-corrected chi connectivity index (χ0v) is 10.0. The molecule has 1 aromatic carbocycles. The Balaban J connectivity index is 2.73. The van der Waals surface area contributed by atoms with Crippen molar-refractivity contribution in [1.82, 2.24) is 0 Å². The summed E-state index contributed by atoms with van der Waals surface area (Å²) >= 11 is 5.35. The van der Waals surface area contributed by atoms with Crippen LogP contribution in [0.15, 0.2) is 29.4 Å². The van der Waals surface area contributed by atoms with Gasteiger partial charge in [0, 0.05) is 0 Å². The fourth-order valence-corrected chi connectivity index (χ4v) is 1.09. The van der Waals surface area contributed by atoms with E-state index in [1.807, 2.05) is 6.07 Å². The van der Waals surface area contributed by atoms with Crippen molar-refractivity contribution in [1.29, 1.82) is 5.26 Å². The highest BCUT2D eigenvalue weighted by Crippen LogP contribution is 2.23. The molecule has 0 heterocycles. The molecular formula is C11H10ClN3O3. The number of para-hydroxylation sites is 2. The number of ether oxygens (including phenoxy) is 1. The minimum Gasteiger partial charge on any atom is -0.490 e. The van der Waals surface area contributed by atoms with Gasteiger partial charge in [-0.3, -0.25) is 5.43 Å². The van der Waals surface area contributed by atoms with Crippen molar-refractivity contribution in [3.63, 3.8) is 0 Å². The number of hydrazone groups is 1. The van der Waals surface area contributed by atoms with Gasteiger partial charge in [0.05, 0.1) is 18.2 Å². The number of nitrogens with zero attached hydrogens (tertiary/aromatic N) is 2. The van der Waals surface area contributed by atoms with Crippen LogP contribution in [0, 0.1) is 11.3 Å². The summed E-state index contributed by atoms with van der Waals surface area (Å²) in [6.07, 6.45) is 0.257. The van der Waals surface area contributed by atoms with Gasteiger partial charge in [-0.1, -0.05) is 23.7 Å². The van der Waals surface area contributed by atoms with Crippen LogP contribution >= 0.6 is 11.6 Å². The Morgan fingerprint density at radius 3 is 2.94 bits per heavy atom. The Hall–Kier alpha value is -2.26. The average molecular weight is 268 g/mol. The first-order valence-electron chi connectivity index (χ1n) is 4.96. The summed E-state index contributed by atoms with van der Waals surface area (Å²) in [5.41, 5.74) is 2.96. The van der Waals surface area contributed by atoms with E-state index in [2.05, 4.69) is 10.5 Å². The van der Waals surface area contributed by atoms with Crippen molar-refractivity contribution in [3.8, 4) is 11.8 Å². The van der Waals surface area contributed by atoms with E-state index in [4.69, 9.17) is 26.7 Å². The smallest absolute Gasteiger partial charge is 0.368 e. The predicted molar refractivity (Wildman–Crippen MR) is 66.7 cm³/mol. The molecule has 0 saturated carbocycles. The number of halogens is 1. The fourth-order valence-electron chi connectivity index (χ4n) is 1.05. The Kier molecular flexibility index (Phi) is 5.48. The number of nitriles is 1. The number of rotatable bonds is 6. The van der Waals surface area contributed by atoms with E-state index in [1.54, 1.807) is 24.3 Å². The molecule has 0 bridgehead atoms. The van der Waals surface area contributed by atoms with Gasteiger partial charge in [-0.2, -0.15) is 10.4 Å². The fraction of sp³-hybridized carbons (Fsp3) is 0.182. The molecule has 0 aliphatic carbocycles. The number of carboxylic acid groups (broad SMARTS) is 1. The Bertz CT molecular complexity index is 497.